The maximum Gasteiger partial charge on any atom is 0.255 e. The average molecular weight is 275 g/mol. The molecule has 0 aliphatic carbocycles. The second kappa shape index (κ2) is 5.32. The monoisotopic (exact) mass is 274 g/mol. The van der Waals surface area contributed by atoms with Crippen molar-refractivity contribution in [3.63, 3.8) is 0 Å². The molecule has 1 atom stereocenters. The van der Waals surface area contributed by atoms with Gasteiger partial charge in [0.2, 0.25) is 0 Å². The highest BCUT2D eigenvalue weighted by atomic mass is 79.9. The normalized spacial score (nSPS) is 12.9. The van der Waals surface area contributed by atoms with Gasteiger partial charge >= 0.3 is 0 Å². The standard InChI is InChI=1S/C10H15BrN2O2/c1-7(13(2)3)6-12-10(14)8-4-5-15-9(8)11/h4-5,7H,6H2,1-3H3,(H,12,14). The van der Waals surface area contributed by atoms with Crippen LogP contribution < -0.4 is 5.32 Å². The van der Waals surface area contributed by atoms with Crippen LogP contribution in [0.1, 0.15) is 17.3 Å². The number of carbonyl (C=O) groups excluding carboxylic acids is 1. The van der Waals surface area contributed by atoms with Crippen LogP contribution in [0.5, 0.6) is 0 Å². The van der Waals surface area contributed by atoms with Crippen molar-refractivity contribution in [1.29, 1.82) is 0 Å². The number of furan rings is 1. The summed E-state index contributed by atoms with van der Waals surface area (Å²) in [7, 11) is 3.95. The van der Waals surface area contributed by atoms with Crippen LogP contribution in [0.15, 0.2) is 21.4 Å². The molecular formula is C10H15BrN2O2. The van der Waals surface area contributed by atoms with Gasteiger partial charge in [0.25, 0.3) is 5.91 Å². The van der Waals surface area contributed by atoms with Crippen LogP contribution in [0, 0.1) is 0 Å². The maximum absolute atomic E-state index is 11.6. The van der Waals surface area contributed by atoms with Crippen molar-refractivity contribution in [2.45, 2.75) is 13.0 Å². The van der Waals surface area contributed by atoms with Gasteiger partial charge in [-0.15, -0.1) is 0 Å². The van der Waals surface area contributed by atoms with E-state index >= 15 is 0 Å². The van der Waals surface area contributed by atoms with E-state index in [1.54, 1.807) is 6.07 Å². The van der Waals surface area contributed by atoms with Gasteiger partial charge < -0.3 is 14.6 Å². The van der Waals surface area contributed by atoms with Crippen molar-refractivity contribution in [3.8, 4) is 0 Å². The molecule has 1 aromatic rings. The van der Waals surface area contributed by atoms with Crippen molar-refractivity contribution in [2.24, 2.45) is 0 Å². The van der Waals surface area contributed by atoms with E-state index in [1.807, 2.05) is 25.9 Å². The highest BCUT2D eigenvalue weighted by molar-refractivity contribution is 9.10. The summed E-state index contributed by atoms with van der Waals surface area (Å²) in [5.74, 6) is -0.121. The largest absolute Gasteiger partial charge is 0.457 e. The van der Waals surface area contributed by atoms with Gasteiger partial charge in [-0.3, -0.25) is 4.79 Å². The van der Waals surface area contributed by atoms with E-state index < -0.39 is 0 Å². The first-order chi connectivity index (χ1) is 7.02. The molecule has 0 bridgehead atoms. The van der Waals surface area contributed by atoms with Crippen LogP contribution in [0.3, 0.4) is 0 Å². The molecule has 0 aliphatic rings. The van der Waals surface area contributed by atoms with Gasteiger partial charge in [-0.1, -0.05) is 0 Å². The van der Waals surface area contributed by atoms with Gasteiger partial charge in [-0.05, 0) is 43.0 Å². The fraction of sp³-hybridized carbons (Fsp3) is 0.500. The summed E-state index contributed by atoms with van der Waals surface area (Å²) in [6, 6.07) is 1.94. The molecule has 1 amide bonds. The zero-order valence-corrected chi connectivity index (χ0v) is 10.7. The molecule has 4 nitrogen and oxygen atoms in total. The predicted molar refractivity (Wildman–Crippen MR) is 61.9 cm³/mol. The van der Waals surface area contributed by atoms with Crippen molar-refractivity contribution in [1.82, 2.24) is 10.2 Å². The minimum Gasteiger partial charge on any atom is -0.457 e. The third kappa shape index (κ3) is 3.35. The average Bonchev–Trinajstić information content (AvgIpc) is 2.60. The van der Waals surface area contributed by atoms with Gasteiger partial charge in [0.1, 0.15) is 0 Å². The molecule has 0 spiro atoms. The van der Waals surface area contributed by atoms with Crippen LogP contribution in [0.25, 0.3) is 0 Å². The second-order valence-electron chi connectivity index (χ2n) is 3.63. The third-order valence-corrected chi connectivity index (χ3v) is 2.92. The zero-order valence-electron chi connectivity index (χ0n) is 9.08. The first kappa shape index (κ1) is 12.3. The lowest BCUT2D eigenvalue weighted by Crippen LogP contribution is -2.38. The summed E-state index contributed by atoms with van der Waals surface area (Å²) in [6.45, 7) is 2.66. The van der Waals surface area contributed by atoms with Crippen LogP contribution in [0.4, 0.5) is 0 Å². The Hall–Kier alpha value is -0.810. The summed E-state index contributed by atoms with van der Waals surface area (Å²) in [4.78, 5) is 13.7. The van der Waals surface area contributed by atoms with Gasteiger partial charge in [-0.2, -0.15) is 0 Å². The molecule has 1 aromatic heterocycles. The molecule has 0 saturated heterocycles. The number of hydrogen-bond donors (Lipinski definition) is 1. The number of amides is 1. The van der Waals surface area contributed by atoms with Gasteiger partial charge in [-0.25, -0.2) is 0 Å². The van der Waals surface area contributed by atoms with E-state index in [4.69, 9.17) is 4.42 Å². The van der Waals surface area contributed by atoms with E-state index in [0.29, 0.717) is 22.8 Å². The number of halogens is 1. The molecule has 84 valence electrons. The Bertz CT molecular complexity index is 336. The van der Waals surface area contributed by atoms with Crippen molar-refractivity contribution in [2.75, 3.05) is 20.6 Å². The SMILES string of the molecule is CC(CNC(=O)c1ccoc1Br)N(C)C. The minimum atomic E-state index is -0.121. The number of hydrogen-bond acceptors (Lipinski definition) is 3. The lowest BCUT2D eigenvalue weighted by molar-refractivity contribution is 0.0942. The summed E-state index contributed by atoms with van der Waals surface area (Å²) in [5, 5.41) is 2.84. The van der Waals surface area contributed by atoms with E-state index in [1.165, 1.54) is 6.26 Å². The summed E-state index contributed by atoms with van der Waals surface area (Å²) >= 11 is 3.16. The number of rotatable bonds is 4. The molecule has 0 saturated carbocycles. The molecule has 0 radical (unpaired) electrons. The molecule has 0 aliphatic heterocycles. The van der Waals surface area contributed by atoms with E-state index in [-0.39, 0.29) is 5.91 Å². The smallest absolute Gasteiger partial charge is 0.255 e. The van der Waals surface area contributed by atoms with Gasteiger partial charge in [0.15, 0.2) is 4.67 Å². The molecule has 0 fully saturated rings. The highest BCUT2D eigenvalue weighted by Gasteiger charge is 2.13. The zero-order chi connectivity index (χ0) is 11.4. The Morgan fingerprint density at radius 1 is 1.67 bits per heavy atom. The summed E-state index contributed by atoms with van der Waals surface area (Å²) in [5.41, 5.74) is 0.529. The fourth-order valence-electron chi connectivity index (χ4n) is 0.974. The third-order valence-electron chi connectivity index (χ3n) is 2.30. The molecule has 5 heteroatoms. The van der Waals surface area contributed by atoms with Crippen molar-refractivity contribution in [3.05, 3.63) is 22.6 Å². The number of nitrogens with one attached hydrogen (secondary N) is 1. The van der Waals surface area contributed by atoms with E-state index in [9.17, 15) is 4.79 Å². The molecule has 0 aromatic carbocycles. The van der Waals surface area contributed by atoms with Crippen LogP contribution >= 0.6 is 15.9 Å². The Kier molecular flexibility index (Phi) is 4.35. The molecule has 1 unspecified atom stereocenters. The first-order valence-corrected chi connectivity index (χ1v) is 5.49. The Morgan fingerprint density at radius 3 is 2.80 bits per heavy atom. The number of carbonyl (C=O) groups is 1. The first-order valence-electron chi connectivity index (χ1n) is 4.70. The molecule has 1 N–H and O–H groups in total. The number of likely N-dealkylation sites (N-methyl/N-ethyl adjacent to an activating group) is 1. The van der Waals surface area contributed by atoms with Gasteiger partial charge in [0.05, 0.1) is 11.8 Å². The second-order valence-corrected chi connectivity index (χ2v) is 4.35. The topological polar surface area (TPSA) is 45.5 Å². The van der Waals surface area contributed by atoms with E-state index in [2.05, 4.69) is 21.2 Å². The fourth-order valence-corrected chi connectivity index (χ4v) is 1.39. The van der Waals surface area contributed by atoms with Gasteiger partial charge in [0, 0.05) is 12.6 Å². The lowest BCUT2D eigenvalue weighted by Gasteiger charge is -2.19. The molecular weight excluding hydrogens is 260 g/mol. The molecule has 1 heterocycles. The Balaban J connectivity index is 2.47. The van der Waals surface area contributed by atoms with Crippen molar-refractivity contribution < 1.29 is 9.21 Å². The van der Waals surface area contributed by atoms with Crippen LogP contribution in [0.2, 0.25) is 0 Å². The molecule has 15 heavy (non-hydrogen) atoms. The summed E-state index contributed by atoms with van der Waals surface area (Å²) < 4.78 is 5.46. The summed E-state index contributed by atoms with van der Waals surface area (Å²) in [6.07, 6.45) is 1.48. The lowest BCUT2D eigenvalue weighted by atomic mass is 10.3. The quantitative estimate of drug-likeness (QED) is 0.910. The predicted octanol–water partition coefficient (Wildman–Crippen LogP) is 1.72. The van der Waals surface area contributed by atoms with Crippen LogP contribution in [-0.4, -0.2) is 37.5 Å². The highest BCUT2D eigenvalue weighted by Crippen LogP contribution is 2.16. The Morgan fingerprint density at radius 2 is 2.33 bits per heavy atom. The minimum absolute atomic E-state index is 0.121. The van der Waals surface area contributed by atoms with E-state index in [0.717, 1.165) is 0 Å². The number of nitrogens with zero attached hydrogens (tertiary/aromatic N) is 1. The van der Waals surface area contributed by atoms with Crippen molar-refractivity contribution >= 4 is 21.8 Å². The maximum atomic E-state index is 11.6. The Labute approximate surface area is 97.8 Å². The van der Waals surface area contributed by atoms with Crippen LogP contribution in [-0.2, 0) is 0 Å². The molecule has 1 rings (SSSR count).